The van der Waals surface area contributed by atoms with E-state index in [1.54, 1.807) is 0 Å². The summed E-state index contributed by atoms with van der Waals surface area (Å²) in [5, 5.41) is 0. The average molecular weight is 198 g/mol. The number of rotatable bonds is 4. The third-order valence-electron chi connectivity index (χ3n) is 1.85. The molecule has 1 aromatic rings. The lowest BCUT2D eigenvalue weighted by Crippen LogP contribution is -2.17. The molecule has 0 saturated heterocycles. The fraction of sp³-hybridized carbons (Fsp3) is 0.333. The largest absolute Gasteiger partial charge is 0.326 e. The minimum Gasteiger partial charge on any atom is -0.326 e. The summed E-state index contributed by atoms with van der Waals surface area (Å²) in [4.78, 5) is 3.12. The fourth-order valence-electron chi connectivity index (χ4n) is 1.14. The molecule has 3 heteroatoms. The molecule has 0 spiro atoms. The van der Waals surface area contributed by atoms with Gasteiger partial charge in [0.25, 0.3) is 8.99 Å². The van der Waals surface area contributed by atoms with E-state index < -0.39 is 0 Å². The van der Waals surface area contributed by atoms with Gasteiger partial charge in [0.05, 0.1) is 0 Å². The van der Waals surface area contributed by atoms with Gasteiger partial charge in [0.2, 0.25) is 0 Å². The third kappa shape index (κ3) is 2.97. The first-order valence-electron chi connectivity index (χ1n) is 3.97. The van der Waals surface area contributed by atoms with Crippen LogP contribution in [0.1, 0.15) is 11.1 Å². The van der Waals surface area contributed by atoms with E-state index >= 15 is 0 Å². The van der Waals surface area contributed by atoms with Gasteiger partial charge in [-0.2, -0.15) is 0 Å². The lowest BCUT2D eigenvalue weighted by Gasteiger charge is -2.04. The summed E-state index contributed by atoms with van der Waals surface area (Å²) in [5.41, 5.74) is 2.76. The number of nitrogens with one attached hydrogen (secondary N) is 1. The molecule has 1 nitrogen and oxygen atoms in total. The zero-order valence-electron chi connectivity index (χ0n) is 7.10. The second-order valence-electron chi connectivity index (χ2n) is 2.70. The number of halogens is 1. The van der Waals surface area contributed by atoms with Crippen LogP contribution in [0.4, 0.5) is 0 Å². The Morgan fingerprint density at radius 3 is 2.83 bits per heavy atom. The molecule has 0 aliphatic carbocycles. The van der Waals surface area contributed by atoms with E-state index in [-0.39, 0.29) is 0 Å². The van der Waals surface area contributed by atoms with Crippen LogP contribution in [0.5, 0.6) is 0 Å². The van der Waals surface area contributed by atoms with E-state index in [0.717, 1.165) is 13.0 Å². The minimum atomic E-state index is 0.328. The van der Waals surface area contributed by atoms with Crippen molar-refractivity contribution in [3.63, 3.8) is 0 Å². The van der Waals surface area contributed by atoms with Gasteiger partial charge >= 0.3 is 0 Å². The van der Waals surface area contributed by atoms with Crippen molar-refractivity contribution in [3.05, 3.63) is 35.4 Å². The Balaban J connectivity index is 2.46. The van der Waals surface area contributed by atoms with Gasteiger partial charge in [0.15, 0.2) is 0 Å². The topological polar surface area (TPSA) is 12.0 Å². The predicted octanol–water partition coefficient (Wildman–Crippen LogP) is 1.90. The zero-order valence-corrected chi connectivity index (χ0v) is 8.86. The van der Waals surface area contributed by atoms with Crippen molar-refractivity contribution in [1.29, 1.82) is 0 Å². The van der Waals surface area contributed by atoms with Crippen LogP contribution in [0.3, 0.4) is 0 Å². The molecular formula is C9H12ClNSi. The normalized spacial score (nSPS) is 10.2. The van der Waals surface area contributed by atoms with E-state index in [9.17, 15) is 0 Å². The monoisotopic (exact) mass is 197 g/mol. The lowest BCUT2D eigenvalue weighted by molar-refractivity contribution is 0.889. The van der Waals surface area contributed by atoms with Gasteiger partial charge in [-0.1, -0.05) is 24.3 Å². The van der Waals surface area contributed by atoms with Crippen LogP contribution in [0.2, 0.25) is 0 Å². The lowest BCUT2D eigenvalue weighted by atomic mass is 10.1. The van der Waals surface area contributed by atoms with Crippen molar-refractivity contribution in [1.82, 2.24) is 4.98 Å². The molecule has 1 N–H and O–H groups in total. The van der Waals surface area contributed by atoms with Crippen molar-refractivity contribution in [2.24, 2.45) is 0 Å². The summed E-state index contributed by atoms with van der Waals surface area (Å²) in [6.45, 7) is 3.10. The first-order valence-corrected chi connectivity index (χ1v) is 5.99. The molecule has 2 radical (unpaired) electrons. The summed E-state index contributed by atoms with van der Waals surface area (Å²) in [7, 11) is 0.328. The van der Waals surface area contributed by atoms with E-state index in [1.807, 2.05) is 0 Å². The zero-order chi connectivity index (χ0) is 8.81. The van der Waals surface area contributed by atoms with Gasteiger partial charge in [-0.05, 0) is 31.0 Å². The molecule has 0 fully saturated rings. The van der Waals surface area contributed by atoms with Crippen LogP contribution in [-0.2, 0) is 6.42 Å². The van der Waals surface area contributed by atoms with Crippen LogP contribution in [0.25, 0.3) is 0 Å². The van der Waals surface area contributed by atoms with Crippen LogP contribution in [0.15, 0.2) is 24.3 Å². The summed E-state index contributed by atoms with van der Waals surface area (Å²) in [6, 6.07) is 8.44. The maximum Gasteiger partial charge on any atom is 0.270 e. The Hall–Kier alpha value is -0.313. The molecule has 64 valence electrons. The first-order chi connectivity index (χ1) is 5.84. The molecule has 0 aliphatic heterocycles. The van der Waals surface area contributed by atoms with Gasteiger partial charge in [-0.15, -0.1) is 11.1 Å². The van der Waals surface area contributed by atoms with Crippen molar-refractivity contribution in [3.8, 4) is 0 Å². The first kappa shape index (κ1) is 9.77. The number of hydrogen-bond donors (Lipinski definition) is 1. The van der Waals surface area contributed by atoms with Crippen LogP contribution in [-0.4, -0.2) is 15.5 Å². The van der Waals surface area contributed by atoms with Crippen LogP contribution in [0, 0.1) is 6.92 Å². The second kappa shape index (κ2) is 5.35. The van der Waals surface area contributed by atoms with Gasteiger partial charge in [-0.3, -0.25) is 0 Å². The Bertz CT molecular complexity index is 240. The maximum absolute atomic E-state index is 5.52. The number of hydrogen-bond acceptors (Lipinski definition) is 1. The highest BCUT2D eigenvalue weighted by Gasteiger charge is 1.95. The standard InChI is InChI=1S/C9H12ClNSi/c1-8-4-2-3-5-9(8)6-7-11-12-10/h2-5,11H,6-7H2,1H3. The molecular weight excluding hydrogens is 186 g/mol. The molecule has 0 aliphatic rings. The highest BCUT2D eigenvalue weighted by Crippen LogP contribution is 2.06. The van der Waals surface area contributed by atoms with E-state index in [4.69, 9.17) is 11.1 Å². The van der Waals surface area contributed by atoms with Crippen LogP contribution >= 0.6 is 11.1 Å². The molecule has 12 heavy (non-hydrogen) atoms. The third-order valence-corrected chi connectivity index (χ3v) is 2.63. The van der Waals surface area contributed by atoms with Gasteiger partial charge in [0.1, 0.15) is 0 Å². The van der Waals surface area contributed by atoms with E-state index in [2.05, 4.69) is 36.2 Å². The predicted molar refractivity (Wildman–Crippen MR) is 54.5 cm³/mol. The summed E-state index contributed by atoms with van der Waals surface area (Å²) >= 11 is 5.52. The highest BCUT2D eigenvalue weighted by atomic mass is 35.6. The molecule has 0 bridgehead atoms. The Labute approximate surface area is 80.7 Å². The molecule has 0 amide bonds. The molecule has 0 atom stereocenters. The molecule has 0 unspecified atom stereocenters. The number of aryl methyl sites for hydroxylation is 1. The Morgan fingerprint density at radius 1 is 1.42 bits per heavy atom. The molecule has 0 aromatic heterocycles. The minimum absolute atomic E-state index is 0.328. The molecule has 0 heterocycles. The smallest absolute Gasteiger partial charge is 0.270 e. The second-order valence-corrected chi connectivity index (χ2v) is 3.81. The fourth-order valence-corrected chi connectivity index (χ4v) is 1.64. The Kier molecular flexibility index (Phi) is 4.36. The Morgan fingerprint density at radius 2 is 2.17 bits per heavy atom. The van der Waals surface area contributed by atoms with E-state index in [0.29, 0.717) is 8.99 Å². The van der Waals surface area contributed by atoms with Gasteiger partial charge in [0, 0.05) is 0 Å². The summed E-state index contributed by atoms with van der Waals surface area (Å²) in [6.07, 6.45) is 1.06. The average Bonchev–Trinajstić information content (AvgIpc) is 2.09. The maximum atomic E-state index is 5.52. The summed E-state index contributed by atoms with van der Waals surface area (Å²) < 4.78 is 0. The quantitative estimate of drug-likeness (QED) is 0.442. The van der Waals surface area contributed by atoms with Crippen molar-refractivity contribution in [2.75, 3.05) is 6.54 Å². The van der Waals surface area contributed by atoms with Gasteiger partial charge in [-0.25, -0.2) is 0 Å². The SMILES string of the molecule is Cc1ccccc1CCN[Si]Cl. The summed E-state index contributed by atoms with van der Waals surface area (Å²) in [5.74, 6) is 0. The van der Waals surface area contributed by atoms with E-state index in [1.165, 1.54) is 11.1 Å². The van der Waals surface area contributed by atoms with Gasteiger partial charge < -0.3 is 4.98 Å². The van der Waals surface area contributed by atoms with Crippen molar-refractivity contribution in [2.45, 2.75) is 13.3 Å². The molecule has 1 rings (SSSR count). The number of benzene rings is 1. The molecule has 1 aromatic carbocycles. The van der Waals surface area contributed by atoms with Crippen molar-refractivity contribution < 1.29 is 0 Å². The van der Waals surface area contributed by atoms with Crippen molar-refractivity contribution >= 4 is 20.1 Å². The van der Waals surface area contributed by atoms with Crippen LogP contribution < -0.4 is 4.98 Å². The highest BCUT2D eigenvalue weighted by molar-refractivity contribution is 6.92. The molecule has 0 saturated carbocycles.